The molecule has 0 spiro atoms. The number of aromatic amines is 2. The third-order valence-electron chi connectivity index (χ3n) is 3.35. The fraction of sp³-hybridized carbons (Fsp3) is 0. The van der Waals surface area contributed by atoms with E-state index in [-0.39, 0.29) is 0 Å². The van der Waals surface area contributed by atoms with Gasteiger partial charge in [-0.3, -0.25) is 0 Å². The first kappa shape index (κ1) is 10.9. The largest absolute Gasteiger partial charge is 0.399 e. The molecule has 0 radical (unpaired) electrons. The number of rotatable bonds is 2. The summed E-state index contributed by atoms with van der Waals surface area (Å²) in [6.45, 7) is 0. The molecule has 0 saturated heterocycles. The van der Waals surface area contributed by atoms with Crippen LogP contribution in [0.1, 0.15) is 0 Å². The number of nitrogens with zero attached hydrogens (tertiary/aromatic N) is 1. The van der Waals surface area contributed by atoms with Gasteiger partial charge in [0, 0.05) is 22.8 Å². The van der Waals surface area contributed by atoms with E-state index in [1.807, 2.05) is 48.7 Å². The third kappa shape index (κ3) is 1.68. The first-order valence-electron chi connectivity index (χ1n) is 6.38. The van der Waals surface area contributed by atoms with Crippen molar-refractivity contribution in [2.24, 2.45) is 0 Å². The van der Waals surface area contributed by atoms with E-state index < -0.39 is 0 Å². The summed E-state index contributed by atoms with van der Waals surface area (Å²) in [6, 6.07) is 13.7. The van der Waals surface area contributed by atoms with Crippen molar-refractivity contribution in [1.29, 1.82) is 0 Å². The maximum absolute atomic E-state index is 5.84. The maximum Gasteiger partial charge on any atom is 0.205 e. The quantitative estimate of drug-likeness (QED) is 0.418. The summed E-state index contributed by atoms with van der Waals surface area (Å²) in [4.78, 5) is 11.0. The molecule has 98 valence electrons. The molecular formula is C15H13N5. The Morgan fingerprint density at radius 2 is 1.95 bits per heavy atom. The number of H-pyrrole nitrogens is 2. The normalized spacial score (nSPS) is 11.2. The van der Waals surface area contributed by atoms with Crippen LogP contribution < -0.4 is 11.1 Å². The SMILES string of the molecule is Nc1ccc2[nH]cc(Nc3nc4ccccc4[nH]3)c2c1. The van der Waals surface area contributed by atoms with E-state index >= 15 is 0 Å². The zero-order chi connectivity index (χ0) is 13.5. The second-order valence-electron chi connectivity index (χ2n) is 4.73. The Balaban J connectivity index is 1.78. The molecule has 0 unspecified atom stereocenters. The average molecular weight is 263 g/mol. The number of fused-ring (bicyclic) bond motifs is 2. The lowest BCUT2D eigenvalue weighted by Crippen LogP contribution is -1.91. The van der Waals surface area contributed by atoms with Gasteiger partial charge in [-0.25, -0.2) is 4.98 Å². The van der Waals surface area contributed by atoms with Gasteiger partial charge in [0.05, 0.1) is 16.7 Å². The van der Waals surface area contributed by atoms with Gasteiger partial charge in [0.15, 0.2) is 0 Å². The molecule has 0 aliphatic carbocycles. The van der Waals surface area contributed by atoms with Gasteiger partial charge < -0.3 is 21.0 Å². The Labute approximate surface area is 114 Å². The monoisotopic (exact) mass is 263 g/mol. The number of para-hydroxylation sites is 2. The van der Waals surface area contributed by atoms with Crippen molar-refractivity contribution in [2.45, 2.75) is 0 Å². The lowest BCUT2D eigenvalue weighted by molar-refractivity contribution is 1.31. The number of nitrogens with two attached hydrogens (primary N) is 1. The van der Waals surface area contributed by atoms with E-state index in [1.165, 1.54) is 0 Å². The molecule has 20 heavy (non-hydrogen) atoms. The molecular weight excluding hydrogens is 250 g/mol. The molecule has 5 nitrogen and oxygen atoms in total. The predicted octanol–water partition coefficient (Wildman–Crippen LogP) is 3.37. The summed E-state index contributed by atoms with van der Waals surface area (Å²) < 4.78 is 0. The lowest BCUT2D eigenvalue weighted by Gasteiger charge is -2.01. The van der Waals surface area contributed by atoms with Crippen molar-refractivity contribution in [3.05, 3.63) is 48.7 Å². The molecule has 4 aromatic rings. The van der Waals surface area contributed by atoms with Gasteiger partial charge in [-0.1, -0.05) is 12.1 Å². The molecule has 0 saturated carbocycles. The maximum atomic E-state index is 5.84. The summed E-state index contributed by atoms with van der Waals surface area (Å²) in [5.41, 5.74) is 10.5. The van der Waals surface area contributed by atoms with E-state index in [0.29, 0.717) is 0 Å². The molecule has 0 aliphatic rings. The van der Waals surface area contributed by atoms with Crippen LogP contribution in [0.2, 0.25) is 0 Å². The van der Waals surface area contributed by atoms with Crippen LogP contribution in [0.4, 0.5) is 17.3 Å². The highest BCUT2D eigenvalue weighted by atomic mass is 15.1. The second kappa shape index (κ2) is 4.03. The van der Waals surface area contributed by atoms with E-state index in [0.717, 1.165) is 39.3 Å². The van der Waals surface area contributed by atoms with Crippen LogP contribution in [-0.4, -0.2) is 15.0 Å². The Morgan fingerprint density at radius 3 is 2.85 bits per heavy atom. The van der Waals surface area contributed by atoms with E-state index in [4.69, 9.17) is 5.73 Å². The van der Waals surface area contributed by atoms with Gasteiger partial charge >= 0.3 is 0 Å². The Bertz CT molecular complexity index is 870. The molecule has 2 aromatic heterocycles. The number of anilines is 3. The van der Waals surface area contributed by atoms with E-state index in [2.05, 4.69) is 20.3 Å². The Morgan fingerprint density at radius 1 is 1.05 bits per heavy atom. The van der Waals surface area contributed by atoms with Crippen molar-refractivity contribution < 1.29 is 0 Å². The molecule has 0 atom stereocenters. The number of nitrogen functional groups attached to an aromatic ring is 1. The molecule has 5 heteroatoms. The summed E-state index contributed by atoms with van der Waals surface area (Å²) in [5, 5.41) is 4.34. The van der Waals surface area contributed by atoms with Gasteiger partial charge in [-0.05, 0) is 30.3 Å². The van der Waals surface area contributed by atoms with Crippen LogP contribution in [0.25, 0.3) is 21.9 Å². The Hall–Kier alpha value is -2.95. The predicted molar refractivity (Wildman–Crippen MR) is 82.1 cm³/mol. The molecule has 0 fully saturated rings. The van der Waals surface area contributed by atoms with Crippen LogP contribution in [0.5, 0.6) is 0 Å². The first-order valence-corrected chi connectivity index (χ1v) is 6.38. The standard InChI is InChI=1S/C15H13N5/c16-9-5-6-11-10(7-9)14(8-17-11)20-15-18-12-3-1-2-4-13(12)19-15/h1-8,17H,16H2,(H2,18,19,20). The molecule has 5 N–H and O–H groups in total. The van der Waals surface area contributed by atoms with Gasteiger partial charge in [-0.2, -0.15) is 0 Å². The summed E-state index contributed by atoms with van der Waals surface area (Å²) >= 11 is 0. The summed E-state index contributed by atoms with van der Waals surface area (Å²) in [5.74, 6) is 0.717. The first-order chi connectivity index (χ1) is 9.79. The van der Waals surface area contributed by atoms with Gasteiger partial charge in [0.1, 0.15) is 0 Å². The van der Waals surface area contributed by atoms with Crippen molar-refractivity contribution in [1.82, 2.24) is 15.0 Å². The van der Waals surface area contributed by atoms with Crippen molar-refractivity contribution >= 4 is 39.3 Å². The number of hydrogen-bond donors (Lipinski definition) is 4. The van der Waals surface area contributed by atoms with Crippen LogP contribution >= 0.6 is 0 Å². The topological polar surface area (TPSA) is 82.5 Å². The highest BCUT2D eigenvalue weighted by Gasteiger charge is 2.07. The van der Waals surface area contributed by atoms with Crippen molar-refractivity contribution in [2.75, 3.05) is 11.1 Å². The summed E-state index contributed by atoms with van der Waals surface area (Å²) in [7, 11) is 0. The van der Waals surface area contributed by atoms with E-state index in [9.17, 15) is 0 Å². The van der Waals surface area contributed by atoms with E-state index in [1.54, 1.807) is 0 Å². The lowest BCUT2D eigenvalue weighted by atomic mass is 10.2. The number of benzene rings is 2. The smallest absolute Gasteiger partial charge is 0.205 e. The third-order valence-corrected chi connectivity index (χ3v) is 3.35. The summed E-state index contributed by atoms with van der Waals surface area (Å²) in [6.07, 6.45) is 1.91. The van der Waals surface area contributed by atoms with Gasteiger partial charge in [-0.15, -0.1) is 0 Å². The molecule has 2 aromatic carbocycles. The molecule has 0 bridgehead atoms. The van der Waals surface area contributed by atoms with Gasteiger partial charge in [0.2, 0.25) is 5.95 Å². The number of hydrogen-bond acceptors (Lipinski definition) is 3. The number of aromatic nitrogens is 3. The molecule has 2 heterocycles. The number of imidazole rings is 1. The minimum Gasteiger partial charge on any atom is -0.399 e. The number of nitrogens with one attached hydrogen (secondary N) is 3. The highest BCUT2D eigenvalue weighted by Crippen LogP contribution is 2.27. The van der Waals surface area contributed by atoms with Crippen LogP contribution in [-0.2, 0) is 0 Å². The Kier molecular flexibility index (Phi) is 2.20. The average Bonchev–Trinajstić information content (AvgIpc) is 3.03. The highest BCUT2D eigenvalue weighted by molar-refractivity contribution is 5.95. The van der Waals surface area contributed by atoms with Crippen molar-refractivity contribution in [3.63, 3.8) is 0 Å². The second-order valence-corrected chi connectivity index (χ2v) is 4.73. The van der Waals surface area contributed by atoms with Crippen LogP contribution in [0, 0.1) is 0 Å². The van der Waals surface area contributed by atoms with Crippen molar-refractivity contribution in [3.8, 4) is 0 Å². The minimum atomic E-state index is 0.717. The zero-order valence-corrected chi connectivity index (χ0v) is 10.6. The van der Waals surface area contributed by atoms with Crippen LogP contribution in [0.15, 0.2) is 48.7 Å². The molecule has 0 amide bonds. The zero-order valence-electron chi connectivity index (χ0n) is 10.6. The fourth-order valence-electron chi connectivity index (χ4n) is 2.38. The van der Waals surface area contributed by atoms with Gasteiger partial charge in [0.25, 0.3) is 0 Å². The fourth-order valence-corrected chi connectivity index (χ4v) is 2.38. The van der Waals surface area contributed by atoms with Crippen LogP contribution in [0.3, 0.4) is 0 Å². The minimum absolute atomic E-state index is 0.717. The molecule has 4 rings (SSSR count). The molecule has 0 aliphatic heterocycles.